The minimum absolute atomic E-state index is 0.0967. The molecule has 0 aromatic carbocycles. The average molecular weight is 242 g/mol. The zero-order valence-corrected chi connectivity index (χ0v) is 10.3. The summed E-state index contributed by atoms with van der Waals surface area (Å²) in [4.78, 5) is 22.8. The summed E-state index contributed by atoms with van der Waals surface area (Å²) in [6.45, 7) is 4.00. The minimum Gasteiger partial charge on any atom is -0.451 e. The summed E-state index contributed by atoms with van der Waals surface area (Å²) >= 11 is 0. The summed E-state index contributed by atoms with van der Waals surface area (Å²) < 4.78 is 16.4. The number of hydrogen-bond acceptors (Lipinski definition) is 5. The van der Waals surface area contributed by atoms with Crippen LogP contribution >= 0.6 is 0 Å². The Bertz CT molecular complexity index is 320. The second-order valence-corrected chi connectivity index (χ2v) is 4.75. The quantitative estimate of drug-likeness (QED) is 0.681. The van der Waals surface area contributed by atoms with Gasteiger partial charge in [-0.25, -0.2) is 0 Å². The molecule has 0 radical (unpaired) electrons. The van der Waals surface area contributed by atoms with Crippen molar-refractivity contribution in [2.45, 2.75) is 50.9 Å². The van der Waals surface area contributed by atoms with Gasteiger partial charge in [0.05, 0.1) is 13.2 Å². The van der Waals surface area contributed by atoms with Gasteiger partial charge >= 0.3 is 5.97 Å². The van der Waals surface area contributed by atoms with Crippen molar-refractivity contribution in [3.05, 3.63) is 0 Å². The first-order chi connectivity index (χ1) is 7.98. The van der Waals surface area contributed by atoms with Crippen LogP contribution in [0.1, 0.15) is 39.5 Å². The summed E-state index contributed by atoms with van der Waals surface area (Å²) in [6, 6.07) is 0. The third-order valence-corrected chi connectivity index (χ3v) is 3.61. The molecule has 5 heteroatoms. The first kappa shape index (κ1) is 12.5. The van der Waals surface area contributed by atoms with Crippen LogP contribution in [0.3, 0.4) is 0 Å². The van der Waals surface area contributed by atoms with Crippen LogP contribution in [0, 0.1) is 0 Å². The molecule has 0 amide bonds. The van der Waals surface area contributed by atoms with Gasteiger partial charge in [0, 0.05) is 19.8 Å². The van der Waals surface area contributed by atoms with Gasteiger partial charge in [-0.2, -0.15) is 0 Å². The second-order valence-electron chi connectivity index (χ2n) is 4.75. The molecule has 1 saturated carbocycles. The van der Waals surface area contributed by atoms with E-state index in [1.165, 1.54) is 13.8 Å². The highest BCUT2D eigenvalue weighted by molar-refractivity contribution is 5.87. The highest BCUT2D eigenvalue weighted by atomic mass is 16.7. The molecule has 0 unspecified atom stereocenters. The van der Waals surface area contributed by atoms with Crippen molar-refractivity contribution < 1.29 is 23.8 Å². The van der Waals surface area contributed by atoms with E-state index in [9.17, 15) is 9.59 Å². The molecular weight excluding hydrogens is 224 g/mol. The molecule has 1 heterocycles. The van der Waals surface area contributed by atoms with Gasteiger partial charge in [-0.1, -0.05) is 0 Å². The zero-order valence-electron chi connectivity index (χ0n) is 10.3. The van der Waals surface area contributed by atoms with E-state index >= 15 is 0 Å². The third-order valence-electron chi connectivity index (χ3n) is 3.61. The topological polar surface area (TPSA) is 61.8 Å². The number of esters is 1. The lowest BCUT2D eigenvalue weighted by Crippen LogP contribution is -2.50. The Morgan fingerprint density at radius 1 is 1.00 bits per heavy atom. The number of carbonyl (C=O) groups excluding carboxylic acids is 2. The van der Waals surface area contributed by atoms with Gasteiger partial charge in [0.2, 0.25) is 0 Å². The molecule has 2 fully saturated rings. The predicted molar refractivity (Wildman–Crippen MR) is 58.3 cm³/mol. The number of carbonyl (C=O) groups is 2. The van der Waals surface area contributed by atoms with Gasteiger partial charge in [0.15, 0.2) is 17.2 Å². The van der Waals surface area contributed by atoms with Crippen molar-refractivity contribution in [3.63, 3.8) is 0 Å². The number of ketones is 1. The van der Waals surface area contributed by atoms with E-state index < -0.39 is 17.4 Å². The van der Waals surface area contributed by atoms with Crippen LogP contribution in [-0.4, -0.2) is 36.4 Å². The molecule has 96 valence electrons. The summed E-state index contributed by atoms with van der Waals surface area (Å²) in [6.07, 6.45) is 2.14. The Balaban J connectivity index is 2.07. The average Bonchev–Trinajstić information content (AvgIpc) is 2.70. The Morgan fingerprint density at radius 2 is 1.53 bits per heavy atom. The van der Waals surface area contributed by atoms with Crippen LogP contribution in [0.2, 0.25) is 0 Å². The number of ether oxygens (including phenoxy) is 3. The fourth-order valence-corrected chi connectivity index (χ4v) is 2.62. The molecule has 0 aromatic rings. The van der Waals surface area contributed by atoms with Crippen molar-refractivity contribution in [1.82, 2.24) is 0 Å². The van der Waals surface area contributed by atoms with E-state index in [4.69, 9.17) is 14.2 Å². The van der Waals surface area contributed by atoms with E-state index in [0.717, 1.165) is 0 Å². The molecule has 1 aliphatic carbocycles. The largest absolute Gasteiger partial charge is 0.451 e. The molecule has 0 aromatic heterocycles. The van der Waals surface area contributed by atoms with E-state index in [1.807, 2.05) is 0 Å². The van der Waals surface area contributed by atoms with Crippen LogP contribution in [0.4, 0.5) is 0 Å². The summed E-state index contributed by atoms with van der Waals surface area (Å²) in [7, 11) is 0. The zero-order chi connectivity index (χ0) is 12.5. The summed E-state index contributed by atoms with van der Waals surface area (Å²) in [5, 5.41) is 0. The number of Topliss-reactive ketones (excluding diaryl/α,β-unsaturated/α-hetero) is 1. The molecular formula is C12H18O5. The Hall–Kier alpha value is -0.940. The number of hydrogen-bond donors (Lipinski definition) is 0. The van der Waals surface area contributed by atoms with Gasteiger partial charge in [-0.05, 0) is 19.8 Å². The van der Waals surface area contributed by atoms with Gasteiger partial charge < -0.3 is 14.2 Å². The third kappa shape index (κ3) is 2.35. The Labute approximate surface area is 100 Å². The predicted octanol–water partition coefficient (Wildman–Crippen LogP) is 1.19. The summed E-state index contributed by atoms with van der Waals surface area (Å²) in [5.41, 5.74) is -0.966. The van der Waals surface area contributed by atoms with E-state index in [2.05, 4.69) is 0 Å². The van der Waals surface area contributed by atoms with E-state index in [-0.39, 0.29) is 5.78 Å². The minimum atomic E-state index is -0.966. The van der Waals surface area contributed by atoms with Crippen LogP contribution in [0.25, 0.3) is 0 Å². The first-order valence-corrected chi connectivity index (χ1v) is 5.97. The lowest BCUT2D eigenvalue weighted by molar-refractivity contribution is -0.210. The molecule has 0 N–H and O–H groups in total. The normalized spacial score (nSPS) is 25.8. The fraction of sp³-hybridized carbons (Fsp3) is 0.833. The Kier molecular flexibility index (Phi) is 3.23. The van der Waals surface area contributed by atoms with Crippen molar-refractivity contribution in [2.24, 2.45) is 0 Å². The SMILES string of the molecule is CC(=O)OC1(C(C)=O)CCC2(CC1)OCCO2. The molecule has 2 aliphatic rings. The van der Waals surface area contributed by atoms with Crippen LogP contribution in [-0.2, 0) is 23.8 Å². The molecule has 17 heavy (non-hydrogen) atoms. The first-order valence-electron chi connectivity index (χ1n) is 5.97. The molecule has 1 spiro atoms. The van der Waals surface area contributed by atoms with Crippen LogP contribution in [0.15, 0.2) is 0 Å². The molecule has 1 saturated heterocycles. The van der Waals surface area contributed by atoms with Gasteiger partial charge in [-0.3, -0.25) is 9.59 Å². The molecule has 0 atom stereocenters. The molecule has 0 bridgehead atoms. The van der Waals surface area contributed by atoms with E-state index in [1.54, 1.807) is 0 Å². The highest BCUT2D eigenvalue weighted by Gasteiger charge is 2.50. The van der Waals surface area contributed by atoms with E-state index in [0.29, 0.717) is 38.9 Å². The summed E-state index contributed by atoms with van der Waals surface area (Å²) in [5.74, 6) is -1.05. The molecule has 2 rings (SSSR count). The lowest BCUT2D eigenvalue weighted by Gasteiger charge is -2.41. The van der Waals surface area contributed by atoms with Gasteiger partial charge in [0.25, 0.3) is 0 Å². The maximum Gasteiger partial charge on any atom is 0.303 e. The maximum absolute atomic E-state index is 11.7. The monoisotopic (exact) mass is 242 g/mol. The second kappa shape index (κ2) is 4.38. The maximum atomic E-state index is 11.7. The smallest absolute Gasteiger partial charge is 0.303 e. The van der Waals surface area contributed by atoms with Crippen LogP contribution in [0.5, 0.6) is 0 Å². The number of rotatable bonds is 2. The van der Waals surface area contributed by atoms with Crippen LogP contribution < -0.4 is 0 Å². The van der Waals surface area contributed by atoms with Gasteiger partial charge in [-0.15, -0.1) is 0 Å². The molecule has 5 nitrogen and oxygen atoms in total. The lowest BCUT2D eigenvalue weighted by atomic mass is 9.79. The van der Waals surface area contributed by atoms with Crippen molar-refractivity contribution >= 4 is 11.8 Å². The van der Waals surface area contributed by atoms with Crippen molar-refractivity contribution in [1.29, 1.82) is 0 Å². The van der Waals surface area contributed by atoms with Crippen molar-refractivity contribution in [2.75, 3.05) is 13.2 Å². The fourth-order valence-electron chi connectivity index (χ4n) is 2.62. The Morgan fingerprint density at radius 3 is 1.94 bits per heavy atom. The highest BCUT2D eigenvalue weighted by Crippen LogP contribution is 2.42. The van der Waals surface area contributed by atoms with Gasteiger partial charge in [0.1, 0.15) is 0 Å². The standard InChI is InChI=1S/C12H18O5/c1-9(13)11(17-10(2)14)3-5-12(6-4-11)15-7-8-16-12/h3-8H2,1-2H3. The molecule has 1 aliphatic heterocycles. The van der Waals surface area contributed by atoms with Crippen molar-refractivity contribution in [3.8, 4) is 0 Å².